The zero-order valence-electron chi connectivity index (χ0n) is 13.8. The summed E-state index contributed by atoms with van der Waals surface area (Å²) >= 11 is 1.41. The van der Waals surface area contributed by atoms with Crippen LogP contribution >= 0.6 is 11.3 Å². The molecule has 0 atom stereocenters. The molecule has 1 amide bonds. The van der Waals surface area contributed by atoms with Gasteiger partial charge in [-0.05, 0) is 39.0 Å². The van der Waals surface area contributed by atoms with Gasteiger partial charge in [-0.25, -0.2) is 9.67 Å². The Balaban J connectivity index is 1.80. The normalized spacial score (nSPS) is 11.1. The van der Waals surface area contributed by atoms with Crippen molar-refractivity contribution in [2.24, 2.45) is 0 Å². The van der Waals surface area contributed by atoms with Crippen LogP contribution in [0.15, 0.2) is 41.8 Å². The number of aryl methyl sites for hydroxylation is 2. The van der Waals surface area contributed by atoms with Crippen molar-refractivity contribution in [1.82, 2.24) is 14.8 Å². The number of thiazole rings is 1. The predicted molar refractivity (Wildman–Crippen MR) is 97.6 cm³/mol. The molecule has 0 aliphatic carbocycles. The molecule has 0 aliphatic heterocycles. The number of aromatic nitrogens is 3. The van der Waals surface area contributed by atoms with E-state index in [0.29, 0.717) is 5.13 Å². The summed E-state index contributed by atoms with van der Waals surface area (Å²) in [5.74, 6) is -0.199. The van der Waals surface area contributed by atoms with Gasteiger partial charge in [0.1, 0.15) is 0 Å². The Kier molecular flexibility index (Phi) is 4.57. The zero-order chi connectivity index (χ0) is 17.1. The Hall–Kier alpha value is -2.73. The molecule has 5 nitrogen and oxygen atoms in total. The van der Waals surface area contributed by atoms with Gasteiger partial charge in [0.15, 0.2) is 5.13 Å². The van der Waals surface area contributed by atoms with Gasteiger partial charge in [0.05, 0.1) is 17.1 Å². The van der Waals surface area contributed by atoms with Gasteiger partial charge < -0.3 is 0 Å². The number of hydrogen-bond donors (Lipinski definition) is 1. The van der Waals surface area contributed by atoms with E-state index in [1.807, 2.05) is 61.2 Å². The monoisotopic (exact) mass is 338 g/mol. The molecule has 3 rings (SSSR count). The second-order valence-electron chi connectivity index (χ2n) is 5.45. The van der Waals surface area contributed by atoms with Crippen molar-refractivity contribution >= 4 is 28.5 Å². The fourth-order valence-electron chi connectivity index (χ4n) is 2.43. The van der Waals surface area contributed by atoms with Gasteiger partial charge >= 0.3 is 0 Å². The minimum Gasteiger partial charge on any atom is -0.298 e. The summed E-state index contributed by atoms with van der Waals surface area (Å²) in [5.41, 5.74) is 4.72. The third-order valence-electron chi connectivity index (χ3n) is 3.60. The predicted octanol–water partition coefficient (Wildman–Crippen LogP) is 3.91. The maximum atomic E-state index is 12.0. The molecule has 0 saturated carbocycles. The molecule has 1 aromatic carbocycles. The Morgan fingerprint density at radius 2 is 1.96 bits per heavy atom. The van der Waals surface area contributed by atoms with Crippen LogP contribution in [0.2, 0.25) is 0 Å². The van der Waals surface area contributed by atoms with E-state index in [2.05, 4.69) is 15.4 Å². The highest BCUT2D eigenvalue weighted by atomic mass is 32.1. The van der Waals surface area contributed by atoms with Crippen LogP contribution in [0.1, 0.15) is 22.6 Å². The molecule has 2 aromatic heterocycles. The molecule has 6 heteroatoms. The minimum absolute atomic E-state index is 0.199. The van der Waals surface area contributed by atoms with E-state index in [9.17, 15) is 4.79 Å². The maximum absolute atomic E-state index is 12.0. The second kappa shape index (κ2) is 6.80. The SMILES string of the molecule is Cc1csc(NC(=O)C=Cc2c(C)nn(-c3ccccc3)c2C)n1. The molecule has 0 spiro atoms. The number of carbonyl (C=O) groups excluding carboxylic acids is 1. The van der Waals surface area contributed by atoms with E-state index in [-0.39, 0.29) is 5.91 Å². The molecule has 0 fully saturated rings. The van der Waals surface area contributed by atoms with E-state index in [0.717, 1.165) is 28.3 Å². The van der Waals surface area contributed by atoms with Crippen LogP contribution in [0.5, 0.6) is 0 Å². The van der Waals surface area contributed by atoms with E-state index in [4.69, 9.17) is 0 Å². The molecule has 0 unspecified atom stereocenters. The summed E-state index contributed by atoms with van der Waals surface area (Å²) in [4.78, 5) is 16.3. The number of rotatable bonds is 4. The molecule has 3 aromatic rings. The largest absolute Gasteiger partial charge is 0.298 e. The van der Waals surface area contributed by atoms with Crippen LogP contribution in [0.3, 0.4) is 0 Å². The zero-order valence-corrected chi connectivity index (χ0v) is 14.6. The first-order valence-electron chi connectivity index (χ1n) is 7.57. The number of nitrogens with one attached hydrogen (secondary N) is 1. The van der Waals surface area contributed by atoms with Gasteiger partial charge in [-0.1, -0.05) is 18.2 Å². The van der Waals surface area contributed by atoms with Crippen molar-refractivity contribution in [1.29, 1.82) is 0 Å². The summed E-state index contributed by atoms with van der Waals surface area (Å²) in [5, 5.41) is 9.84. The van der Waals surface area contributed by atoms with Crippen molar-refractivity contribution in [2.45, 2.75) is 20.8 Å². The highest BCUT2D eigenvalue weighted by Crippen LogP contribution is 2.19. The Morgan fingerprint density at radius 3 is 2.62 bits per heavy atom. The molecule has 2 heterocycles. The topological polar surface area (TPSA) is 59.8 Å². The molecule has 0 radical (unpaired) electrons. The fourth-order valence-corrected chi connectivity index (χ4v) is 3.13. The van der Waals surface area contributed by atoms with Gasteiger partial charge in [-0.3, -0.25) is 10.1 Å². The molecular weight excluding hydrogens is 320 g/mol. The lowest BCUT2D eigenvalue weighted by Crippen LogP contribution is -2.07. The van der Waals surface area contributed by atoms with Crippen LogP contribution in [0, 0.1) is 20.8 Å². The standard InChI is InChI=1S/C18H18N4OS/c1-12-11-24-18(19-12)20-17(23)10-9-16-13(2)21-22(14(16)3)15-7-5-4-6-8-15/h4-11H,1-3H3,(H,19,20,23). The number of amides is 1. The van der Waals surface area contributed by atoms with Crippen LogP contribution in [0.25, 0.3) is 11.8 Å². The van der Waals surface area contributed by atoms with Crippen LogP contribution < -0.4 is 5.32 Å². The highest BCUT2D eigenvalue weighted by molar-refractivity contribution is 7.13. The first-order valence-corrected chi connectivity index (χ1v) is 8.45. The maximum Gasteiger partial charge on any atom is 0.250 e. The van der Waals surface area contributed by atoms with Crippen LogP contribution in [-0.2, 0) is 4.79 Å². The second-order valence-corrected chi connectivity index (χ2v) is 6.31. The number of hydrogen-bond acceptors (Lipinski definition) is 4. The minimum atomic E-state index is -0.199. The molecule has 0 saturated heterocycles. The third-order valence-corrected chi connectivity index (χ3v) is 4.47. The van der Waals surface area contributed by atoms with Gasteiger partial charge in [0.2, 0.25) is 5.91 Å². The van der Waals surface area contributed by atoms with Crippen molar-refractivity contribution < 1.29 is 4.79 Å². The number of benzene rings is 1. The van der Waals surface area contributed by atoms with Crippen LogP contribution in [0.4, 0.5) is 5.13 Å². The molecular formula is C18H18N4OS. The number of anilines is 1. The quantitative estimate of drug-likeness (QED) is 0.734. The average Bonchev–Trinajstić information content (AvgIpc) is 3.10. The van der Waals surface area contributed by atoms with E-state index >= 15 is 0 Å². The van der Waals surface area contributed by atoms with Gasteiger partial charge in [-0.2, -0.15) is 5.10 Å². The summed E-state index contributed by atoms with van der Waals surface area (Å²) in [7, 11) is 0. The average molecular weight is 338 g/mol. The summed E-state index contributed by atoms with van der Waals surface area (Å²) in [6.07, 6.45) is 3.32. The third kappa shape index (κ3) is 3.44. The molecule has 24 heavy (non-hydrogen) atoms. The van der Waals surface area contributed by atoms with Gasteiger partial charge in [-0.15, -0.1) is 11.3 Å². The van der Waals surface area contributed by atoms with Crippen molar-refractivity contribution in [2.75, 3.05) is 5.32 Å². The van der Waals surface area contributed by atoms with E-state index in [1.165, 1.54) is 17.4 Å². The molecule has 0 bridgehead atoms. The van der Waals surface area contributed by atoms with E-state index in [1.54, 1.807) is 6.08 Å². The smallest absolute Gasteiger partial charge is 0.250 e. The van der Waals surface area contributed by atoms with Crippen LogP contribution in [-0.4, -0.2) is 20.7 Å². The lowest BCUT2D eigenvalue weighted by Gasteiger charge is -2.03. The summed E-state index contributed by atoms with van der Waals surface area (Å²) in [6, 6.07) is 9.94. The molecule has 0 aliphatic rings. The summed E-state index contributed by atoms with van der Waals surface area (Å²) < 4.78 is 1.89. The van der Waals surface area contributed by atoms with E-state index < -0.39 is 0 Å². The highest BCUT2D eigenvalue weighted by Gasteiger charge is 2.11. The Labute approximate surface area is 144 Å². The number of carbonyl (C=O) groups is 1. The molecule has 122 valence electrons. The van der Waals surface area contributed by atoms with Crippen molar-refractivity contribution in [3.63, 3.8) is 0 Å². The number of para-hydroxylation sites is 1. The Bertz CT molecular complexity index is 893. The number of nitrogens with zero attached hydrogens (tertiary/aromatic N) is 3. The Morgan fingerprint density at radius 1 is 1.21 bits per heavy atom. The van der Waals surface area contributed by atoms with Crippen molar-refractivity contribution in [3.05, 3.63) is 64.4 Å². The lowest BCUT2D eigenvalue weighted by atomic mass is 10.2. The van der Waals surface area contributed by atoms with Crippen molar-refractivity contribution in [3.8, 4) is 5.69 Å². The van der Waals surface area contributed by atoms with Gasteiger partial charge in [0, 0.05) is 22.7 Å². The summed E-state index contributed by atoms with van der Waals surface area (Å²) in [6.45, 7) is 5.83. The lowest BCUT2D eigenvalue weighted by molar-refractivity contribution is -0.111. The molecule has 1 N–H and O–H groups in total. The first-order chi connectivity index (χ1) is 11.5. The first kappa shape index (κ1) is 16.1. The fraction of sp³-hybridized carbons (Fsp3) is 0.167. The van der Waals surface area contributed by atoms with Gasteiger partial charge in [0.25, 0.3) is 0 Å².